The third kappa shape index (κ3) is 6.04. The van der Waals surface area contributed by atoms with Gasteiger partial charge in [0.25, 0.3) is 0 Å². The summed E-state index contributed by atoms with van der Waals surface area (Å²) in [6.45, 7) is 4.70. The van der Waals surface area contributed by atoms with Crippen molar-refractivity contribution in [1.29, 1.82) is 0 Å². The van der Waals surface area contributed by atoms with Crippen LogP contribution >= 0.6 is 0 Å². The van der Waals surface area contributed by atoms with Crippen molar-refractivity contribution >= 4 is 60.9 Å². The number of hydrogen-bond acceptors (Lipinski definition) is 3. The fourth-order valence-electron chi connectivity index (χ4n) is 10.6. The third-order valence-electron chi connectivity index (χ3n) is 13.9. The van der Waals surface area contributed by atoms with Gasteiger partial charge in [0.2, 0.25) is 0 Å². The van der Waals surface area contributed by atoms with Gasteiger partial charge in [-0.3, -0.25) is 0 Å². The number of rotatable bonds is 7. The molecule has 0 saturated heterocycles. The van der Waals surface area contributed by atoms with Gasteiger partial charge >= 0.3 is 0 Å². The summed E-state index contributed by atoms with van der Waals surface area (Å²) < 4.78 is 13.3. The molecule has 0 unspecified atom stereocenters. The van der Waals surface area contributed by atoms with E-state index in [0.29, 0.717) is 0 Å². The Hall–Kier alpha value is -8.40. The Morgan fingerprint density at radius 2 is 0.818 bits per heavy atom. The normalized spacial score (nSPS) is 12.8. The van der Waals surface area contributed by atoms with Gasteiger partial charge < -0.3 is 13.7 Å². The van der Waals surface area contributed by atoms with Crippen molar-refractivity contribution in [2.24, 2.45) is 0 Å². The second-order valence-electron chi connectivity index (χ2n) is 18.1. The van der Waals surface area contributed by atoms with E-state index in [1.807, 2.05) is 18.2 Å². The number of benzene rings is 10. The molecule has 0 bridgehead atoms. The minimum Gasteiger partial charge on any atom is -0.456 e. The predicted octanol–water partition coefficient (Wildman–Crippen LogP) is 17.9. The van der Waals surface area contributed by atoms with Crippen LogP contribution in [-0.4, -0.2) is 0 Å². The van der Waals surface area contributed by atoms with Crippen molar-refractivity contribution in [2.75, 3.05) is 4.90 Å². The molecule has 0 amide bonds. The first-order valence-electron chi connectivity index (χ1n) is 22.7. The van der Waals surface area contributed by atoms with Gasteiger partial charge in [0.1, 0.15) is 22.3 Å². The van der Waals surface area contributed by atoms with Crippen LogP contribution in [0, 0.1) is 0 Å². The number of nitrogens with zero attached hydrogens (tertiary/aromatic N) is 1. The van der Waals surface area contributed by atoms with E-state index in [0.717, 1.165) is 83.2 Å². The lowest BCUT2D eigenvalue weighted by atomic mass is 9.82. The molecule has 0 spiro atoms. The molecule has 0 N–H and O–H groups in total. The number of anilines is 3. The highest BCUT2D eigenvalue weighted by Gasteiger charge is 2.35. The van der Waals surface area contributed by atoms with Gasteiger partial charge in [-0.15, -0.1) is 0 Å². The maximum absolute atomic E-state index is 6.87. The quantitative estimate of drug-likeness (QED) is 0.160. The lowest BCUT2D eigenvalue weighted by molar-refractivity contribution is 0.660. The zero-order valence-corrected chi connectivity index (χ0v) is 36.6. The zero-order valence-electron chi connectivity index (χ0n) is 36.6. The van der Waals surface area contributed by atoms with Gasteiger partial charge in [-0.2, -0.15) is 0 Å². The van der Waals surface area contributed by atoms with Crippen LogP contribution in [0.15, 0.2) is 233 Å². The van der Waals surface area contributed by atoms with Gasteiger partial charge in [-0.25, -0.2) is 0 Å². The highest BCUT2D eigenvalue weighted by atomic mass is 16.3. The van der Waals surface area contributed by atoms with Crippen LogP contribution in [0.4, 0.5) is 17.1 Å². The summed E-state index contributed by atoms with van der Waals surface area (Å²) in [6.07, 6.45) is 0. The predicted molar refractivity (Wildman–Crippen MR) is 275 cm³/mol. The van der Waals surface area contributed by atoms with E-state index in [4.69, 9.17) is 8.83 Å². The second kappa shape index (κ2) is 14.8. The van der Waals surface area contributed by atoms with Crippen molar-refractivity contribution < 1.29 is 8.83 Å². The van der Waals surface area contributed by atoms with Crippen LogP contribution in [0.2, 0.25) is 0 Å². The molecule has 2 heterocycles. The molecule has 0 aliphatic heterocycles. The first-order chi connectivity index (χ1) is 32.5. The Morgan fingerprint density at radius 1 is 0.318 bits per heavy atom. The molecule has 0 atom stereocenters. The first-order valence-corrected chi connectivity index (χ1v) is 22.7. The molecule has 0 radical (unpaired) electrons. The third-order valence-corrected chi connectivity index (χ3v) is 13.9. The summed E-state index contributed by atoms with van der Waals surface area (Å²) >= 11 is 0. The summed E-state index contributed by atoms with van der Waals surface area (Å²) in [7, 11) is 0. The maximum atomic E-state index is 6.87. The van der Waals surface area contributed by atoms with E-state index >= 15 is 0 Å². The van der Waals surface area contributed by atoms with Gasteiger partial charge in [0.05, 0.1) is 0 Å². The SMILES string of the molecule is CC1(C)c2ccccc2-c2ccc(N(c3ccc(-c4ccccc4)cc3)c3ccc(-c4cc(-c5ccc(-c6ccccc6)cc5)c5oc6ccc7oc8ccccc8c7c6c5c4)cc3)cc21. The Labute approximate surface area is 383 Å². The van der Waals surface area contributed by atoms with Crippen molar-refractivity contribution in [3.05, 3.63) is 236 Å². The van der Waals surface area contributed by atoms with Crippen LogP contribution in [0.5, 0.6) is 0 Å². The van der Waals surface area contributed by atoms with Crippen LogP contribution in [-0.2, 0) is 5.41 Å². The summed E-state index contributed by atoms with van der Waals surface area (Å²) in [6, 6.07) is 80.9. The summed E-state index contributed by atoms with van der Waals surface area (Å²) in [5.41, 5.74) is 21.1. The van der Waals surface area contributed by atoms with Crippen molar-refractivity contribution in [1.82, 2.24) is 0 Å². The minimum absolute atomic E-state index is 0.127. The largest absolute Gasteiger partial charge is 0.456 e. The lowest BCUT2D eigenvalue weighted by Crippen LogP contribution is -2.16. The summed E-state index contributed by atoms with van der Waals surface area (Å²) in [4.78, 5) is 2.39. The molecule has 13 rings (SSSR count). The van der Waals surface area contributed by atoms with E-state index < -0.39 is 0 Å². The Balaban J connectivity index is 0.967. The van der Waals surface area contributed by atoms with E-state index in [-0.39, 0.29) is 5.41 Å². The van der Waals surface area contributed by atoms with Crippen LogP contribution in [0.3, 0.4) is 0 Å². The molecule has 66 heavy (non-hydrogen) atoms. The van der Waals surface area contributed by atoms with E-state index in [9.17, 15) is 0 Å². The standard InChI is InChI=1S/C63H43NO2/c1-63(2)55-19-11-9-17-50(55)51-34-33-49(39-56(51)63)64(47-29-25-43(26-30-47)41-15-7-4-8-16-41)48-31-27-44(28-32-48)46-37-53(45-23-21-42(22-24-45)40-13-5-3-6-14-40)62-54(38-46)61-59(66-62)36-35-58-60(61)52-18-10-12-20-57(52)65-58/h3-39H,1-2H3. The Bertz CT molecular complexity index is 3800. The van der Waals surface area contributed by atoms with Crippen molar-refractivity contribution in [2.45, 2.75) is 19.3 Å². The average Bonchev–Trinajstić information content (AvgIpc) is 4.02. The molecule has 0 fully saturated rings. The molecule has 312 valence electrons. The average molecular weight is 846 g/mol. The molecular weight excluding hydrogens is 803 g/mol. The monoisotopic (exact) mass is 845 g/mol. The molecule has 10 aromatic carbocycles. The molecule has 3 heteroatoms. The number of hydrogen-bond donors (Lipinski definition) is 0. The Kier molecular flexibility index (Phi) is 8.56. The zero-order chi connectivity index (χ0) is 43.9. The van der Waals surface area contributed by atoms with Crippen molar-refractivity contribution in [3.63, 3.8) is 0 Å². The summed E-state index contributed by atoms with van der Waals surface area (Å²) in [5.74, 6) is 0. The second-order valence-corrected chi connectivity index (χ2v) is 18.1. The molecular formula is C63H43NO2. The number of fused-ring (bicyclic) bond motifs is 10. The smallest absolute Gasteiger partial charge is 0.143 e. The van der Waals surface area contributed by atoms with E-state index in [1.54, 1.807) is 0 Å². The summed E-state index contributed by atoms with van der Waals surface area (Å²) in [5, 5.41) is 4.29. The first kappa shape index (κ1) is 38.1. The molecule has 3 nitrogen and oxygen atoms in total. The van der Waals surface area contributed by atoms with Gasteiger partial charge in [-0.1, -0.05) is 172 Å². The Morgan fingerprint density at radius 3 is 1.50 bits per heavy atom. The topological polar surface area (TPSA) is 29.5 Å². The van der Waals surface area contributed by atoms with Gasteiger partial charge in [-0.05, 0) is 128 Å². The highest BCUT2D eigenvalue weighted by Crippen LogP contribution is 2.51. The van der Waals surface area contributed by atoms with E-state index in [1.165, 1.54) is 44.5 Å². The molecule has 2 aromatic heterocycles. The van der Waals surface area contributed by atoms with Crippen LogP contribution in [0.1, 0.15) is 25.0 Å². The number of para-hydroxylation sites is 1. The van der Waals surface area contributed by atoms with Crippen LogP contribution in [0.25, 0.3) is 99.5 Å². The minimum atomic E-state index is -0.127. The molecule has 1 aliphatic rings. The number of furan rings is 2. The molecule has 1 aliphatic carbocycles. The van der Waals surface area contributed by atoms with Crippen LogP contribution < -0.4 is 4.90 Å². The highest BCUT2D eigenvalue weighted by molar-refractivity contribution is 6.27. The molecule has 12 aromatic rings. The maximum Gasteiger partial charge on any atom is 0.143 e. The van der Waals surface area contributed by atoms with Gasteiger partial charge in [0.15, 0.2) is 0 Å². The van der Waals surface area contributed by atoms with Crippen molar-refractivity contribution in [3.8, 4) is 55.6 Å². The fourth-order valence-corrected chi connectivity index (χ4v) is 10.6. The van der Waals surface area contributed by atoms with Gasteiger partial charge in [0, 0.05) is 49.6 Å². The fraction of sp³-hybridized carbons (Fsp3) is 0.0476. The van der Waals surface area contributed by atoms with E-state index in [2.05, 4.69) is 225 Å². The molecule has 0 saturated carbocycles. The lowest BCUT2D eigenvalue weighted by Gasteiger charge is -2.28.